The number of hydrogen-bond donors (Lipinski definition) is 0. The molecule has 0 aliphatic rings. The minimum atomic E-state index is 0.155. The summed E-state index contributed by atoms with van der Waals surface area (Å²) in [6.45, 7) is 16.9. The van der Waals surface area contributed by atoms with Gasteiger partial charge in [0.25, 0.3) is 0 Å². The topological polar surface area (TPSA) is 30.3 Å². The van der Waals surface area contributed by atoms with E-state index < -0.39 is 0 Å². The lowest BCUT2D eigenvalue weighted by molar-refractivity contribution is 0.173. The molecular weight excluding hydrogens is 442 g/mol. The number of rotatable bonds is 10. The Morgan fingerprint density at radius 3 is 2.21 bits per heavy atom. The van der Waals surface area contributed by atoms with Gasteiger partial charge in [-0.15, -0.1) is 0 Å². The second-order valence-electron chi connectivity index (χ2n) is 10.5. The summed E-state index contributed by atoms with van der Waals surface area (Å²) in [5.74, 6) is 1.87. The summed E-state index contributed by atoms with van der Waals surface area (Å²) in [7, 11) is 1.70. The fourth-order valence-electron chi connectivity index (χ4n) is 4.56. The van der Waals surface area contributed by atoms with Gasteiger partial charge in [-0.2, -0.15) is 0 Å². The molecule has 184 valence electrons. The molecule has 0 N–H and O–H groups in total. The molecule has 5 heteroatoms. The van der Waals surface area contributed by atoms with Crippen LogP contribution in [0.1, 0.15) is 62.9 Å². The van der Waals surface area contributed by atoms with Crippen molar-refractivity contribution >= 4 is 11.6 Å². The van der Waals surface area contributed by atoms with Crippen LogP contribution in [0.15, 0.2) is 42.5 Å². The highest BCUT2D eigenvalue weighted by Gasteiger charge is 2.24. The van der Waals surface area contributed by atoms with Crippen LogP contribution in [0.4, 0.5) is 0 Å². The van der Waals surface area contributed by atoms with Gasteiger partial charge in [-0.1, -0.05) is 76.0 Å². The maximum Gasteiger partial charge on any atom is 0.152 e. The summed E-state index contributed by atoms with van der Waals surface area (Å²) in [4.78, 5) is 7.41. The van der Waals surface area contributed by atoms with Gasteiger partial charge in [-0.3, -0.25) is 4.90 Å². The molecule has 0 amide bonds. The zero-order chi connectivity index (χ0) is 24.9. The minimum absolute atomic E-state index is 0.155. The monoisotopic (exact) mass is 481 g/mol. The summed E-state index contributed by atoms with van der Waals surface area (Å²) >= 11 is 6.87. The van der Waals surface area contributed by atoms with Crippen LogP contribution in [0.25, 0.3) is 11.4 Å². The van der Waals surface area contributed by atoms with E-state index in [4.69, 9.17) is 21.3 Å². The minimum Gasteiger partial charge on any atom is -0.497 e. The van der Waals surface area contributed by atoms with Crippen molar-refractivity contribution < 1.29 is 4.74 Å². The second kappa shape index (κ2) is 11.4. The molecule has 1 heterocycles. The standard InChI is InChI=1S/C29H40ClN3O/c1-8-9-17-33-25(27(30)31-28(33)26-21(2)11-10-12-22(26)3)19-32(20-29(4,5)6)18-23-13-15-24(34-7)16-14-23/h10-16H,8-9,17-20H2,1-7H3. The van der Waals surface area contributed by atoms with E-state index in [2.05, 4.69) is 81.3 Å². The quantitative estimate of drug-likeness (QED) is 0.297. The van der Waals surface area contributed by atoms with Crippen molar-refractivity contribution in [2.75, 3.05) is 13.7 Å². The summed E-state index contributed by atoms with van der Waals surface area (Å²) in [6.07, 6.45) is 2.22. The first-order chi connectivity index (χ1) is 16.1. The molecule has 34 heavy (non-hydrogen) atoms. The van der Waals surface area contributed by atoms with E-state index in [1.807, 2.05) is 12.1 Å². The van der Waals surface area contributed by atoms with Crippen molar-refractivity contribution in [1.82, 2.24) is 14.5 Å². The average molecular weight is 482 g/mol. The highest BCUT2D eigenvalue weighted by Crippen LogP contribution is 2.32. The number of aromatic nitrogens is 2. The third-order valence-corrected chi connectivity index (χ3v) is 6.40. The molecular formula is C29H40ClN3O. The predicted molar refractivity (Wildman–Crippen MR) is 144 cm³/mol. The number of methoxy groups -OCH3 is 1. The lowest BCUT2D eigenvalue weighted by Crippen LogP contribution is -2.32. The highest BCUT2D eigenvalue weighted by molar-refractivity contribution is 6.30. The number of ether oxygens (including phenoxy) is 1. The summed E-state index contributed by atoms with van der Waals surface area (Å²) < 4.78 is 7.71. The lowest BCUT2D eigenvalue weighted by atomic mass is 9.95. The van der Waals surface area contributed by atoms with Gasteiger partial charge >= 0.3 is 0 Å². The highest BCUT2D eigenvalue weighted by atomic mass is 35.5. The summed E-state index contributed by atoms with van der Waals surface area (Å²) in [5.41, 5.74) is 6.18. The van der Waals surface area contributed by atoms with E-state index in [0.717, 1.165) is 56.3 Å². The zero-order valence-electron chi connectivity index (χ0n) is 21.9. The summed E-state index contributed by atoms with van der Waals surface area (Å²) in [5, 5.41) is 0.613. The van der Waals surface area contributed by atoms with Crippen molar-refractivity contribution in [3.63, 3.8) is 0 Å². The normalized spacial score (nSPS) is 11.9. The molecule has 0 unspecified atom stereocenters. The molecule has 0 saturated carbocycles. The SMILES string of the molecule is CCCCn1c(-c2c(C)cccc2C)nc(Cl)c1CN(Cc1ccc(OC)cc1)CC(C)(C)C. The molecule has 0 aliphatic heterocycles. The lowest BCUT2D eigenvalue weighted by Gasteiger charge is -2.30. The van der Waals surface area contributed by atoms with Gasteiger partial charge in [0.05, 0.1) is 12.8 Å². The second-order valence-corrected chi connectivity index (χ2v) is 10.9. The van der Waals surface area contributed by atoms with Gasteiger partial charge in [0.2, 0.25) is 0 Å². The van der Waals surface area contributed by atoms with Crippen LogP contribution in [0, 0.1) is 19.3 Å². The zero-order valence-corrected chi connectivity index (χ0v) is 22.7. The number of nitrogens with zero attached hydrogens (tertiary/aromatic N) is 3. The molecule has 0 saturated heterocycles. The van der Waals surface area contributed by atoms with Crippen molar-refractivity contribution in [3.8, 4) is 17.1 Å². The maximum absolute atomic E-state index is 6.87. The Bertz CT molecular complexity index is 1060. The fraction of sp³-hybridized carbons (Fsp3) is 0.483. The van der Waals surface area contributed by atoms with Crippen molar-refractivity contribution in [3.05, 3.63) is 70.0 Å². The molecule has 0 fully saturated rings. The van der Waals surface area contributed by atoms with E-state index >= 15 is 0 Å². The Morgan fingerprint density at radius 1 is 1.00 bits per heavy atom. The van der Waals surface area contributed by atoms with Gasteiger partial charge < -0.3 is 9.30 Å². The maximum atomic E-state index is 6.87. The Morgan fingerprint density at radius 2 is 1.65 bits per heavy atom. The molecule has 0 atom stereocenters. The van der Waals surface area contributed by atoms with E-state index in [0.29, 0.717) is 5.15 Å². The van der Waals surface area contributed by atoms with Crippen molar-refractivity contribution in [2.24, 2.45) is 5.41 Å². The van der Waals surface area contributed by atoms with Crippen molar-refractivity contribution in [2.45, 2.75) is 74.0 Å². The van der Waals surface area contributed by atoms with E-state index in [9.17, 15) is 0 Å². The smallest absolute Gasteiger partial charge is 0.152 e. The first-order valence-electron chi connectivity index (χ1n) is 12.3. The number of benzene rings is 2. The fourth-order valence-corrected chi connectivity index (χ4v) is 4.80. The molecule has 3 aromatic rings. The Balaban J connectivity index is 2.01. The molecule has 1 aromatic heterocycles. The van der Waals surface area contributed by atoms with Crippen LogP contribution in [0.2, 0.25) is 5.15 Å². The first kappa shape index (κ1) is 26.3. The number of unbranched alkanes of at least 4 members (excludes halogenated alkanes) is 1. The predicted octanol–water partition coefficient (Wildman–Crippen LogP) is 7.68. The first-order valence-corrected chi connectivity index (χ1v) is 12.7. The van der Waals surface area contributed by atoms with Crippen LogP contribution >= 0.6 is 11.6 Å². The van der Waals surface area contributed by atoms with Gasteiger partial charge in [-0.25, -0.2) is 4.98 Å². The molecule has 0 aliphatic carbocycles. The average Bonchev–Trinajstić information content (AvgIpc) is 3.06. The number of hydrogen-bond acceptors (Lipinski definition) is 3. The molecule has 4 nitrogen and oxygen atoms in total. The third-order valence-electron chi connectivity index (χ3n) is 6.10. The van der Waals surface area contributed by atoms with Crippen LogP contribution in [-0.2, 0) is 19.6 Å². The third kappa shape index (κ3) is 6.64. The van der Waals surface area contributed by atoms with Gasteiger partial charge in [0.15, 0.2) is 5.15 Å². The van der Waals surface area contributed by atoms with E-state index in [1.165, 1.54) is 22.3 Å². The van der Waals surface area contributed by atoms with Gasteiger partial charge in [0, 0.05) is 31.7 Å². The number of imidazole rings is 1. The molecule has 0 spiro atoms. The van der Waals surface area contributed by atoms with Crippen LogP contribution in [0.3, 0.4) is 0 Å². The van der Waals surface area contributed by atoms with Crippen LogP contribution in [-0.4, -0.2) is 28.1 Å². The largest absolute Gasteiger partial charge is 0.497 e. The Kier molecular flexibility index (Phi) is 8.83. The number of aryl methyl sites for hydroxylation is 2. The van der Waals surface area contributed by atoms with Crippen LogP contribution in [0.5, 0.6) is 5.75 Å². The molecule has 3 rings (SSSR count). The van der Waals surface area contributed by atoms with E-state index in [-0.39, 0.29) is 5.41 Å². The van der Waals surface area contributed by atoms with Gasteiger partial charge in [-0.05, 0) is 54.5 Å². The Hall–Kier alpha value is -2.30. The molecule has 0 radical (unpaired) electrons. The van der Waals surface area contributed by atoms with Crippen LogP contribution < -0.4 is 4.74 Å². The molecule has 0 bridgehead atoms. The van der Waals surface area contributed by atoms with Crippen molar-refractivity contribution in [1.29, 1.82) is 0 Å². The molecule has 2 aromatic carbocycles. The van der Waals surface area contributed by atoms with Gasteiger partial charge in [0.1, 0.15) is 11.6 Å². The summed E-state index contributed by atoms with van der Waals surface area (Å²) in [6, 6.07) is 14.8. The van der Waals surface area contributed by atoms with E-state index in [1.54, 1.807) is 7.11 Å². The Labute approximate surface area is 210 Å². The number of halogens is 1.